The van der Waals surface area contributed by atoms with E-state index in [1.165, 1.54) is 42.3 Å². The summed E-state index contributed by atoms with van der Waals surface area (Å²) < 4.78 is 38.7. The maximum absolute atomic E-state index is 13.5. The van der Waals surface area contributed by atoms with Crippen molar-refractivity contribution in [1.82, 2.24) is 19.6 Å². The van der Waals surface area contributed by atoms with Crippen LogP contribution in [-0.2, 0) is 27.8 Å². The average molecular weight is 543 g/mol. The van der Waals surface area contributed by atoms with Crippen LogP contribution in [0.3, 0.4) is 0 Å². The Kier molecular flexibility index (Phi) is 10.6. The molecule has 0 bridgehead atoms. The van der Waals surface area contributed by atoms with Crippen LogP contribution in [0.2, 0.25) is 0 Å². The predicted molar refractivity (Wildman–Crippen MR) is 142 cm³/mol. The lowest BCUT2D eigenvalue weighted by atomic mass is 10.0. The molecule has 3 rings (SSSR count). The quantitative estimate of drug-likeness (QED) is 0.337. The van der Waals surface area contributed by atoms with Crippen LogP contribution in [0.25, 0.3) is 0 Å². The van der Waals surface area contributed by atoms with E-state index >= 15 is 0 Å². The summed E-state index contributed by atoms with van der Waals surface area (Å²) in [6.07, 6.45) is 2.73. The number of alkyl carbamates (subject to hydrolysis) is 1. The second-order valence-corrected chi connectivity index (χ2v) is 11.2. The Morgan fingerprint density at radius 2 is 1.66 bits per heavy atom. The molecule has 0 aliphatic carbocycles. The van der Waals surface area contributed by atoms with Crippen LogP contribution in [0, 0.1) is 5.92 Å². The first-order chi connectivity index (χ1) is 18.2. The number of nitrogens with one attached hydrogen (secondary N) is 1. The standard InChI is InChI=1S/C27H34N4O6S/c1-20(2)16-31(38(34,35)24-11-9-23(36-3)10-12-24)17-26(32)25(13-21-7-5-4-6-8-21)30-27(33)37-18-22-14-28-19-29-15-22/h4-12,14-15,19-20,25-26,32H,13,16-18H2,1-3H3,(H,30,33)/t25-,26?/m0/s1. The molecule has 1 heterocycles. The van der Waals surface area contributed by atoms with Crippen molar-refractivity contribution in [2.75, 3.05) is 20.2 Å². The Labute approximate surface area is 223 Å². The summed E-state index contributed by atoms with van der Waals surface area (Å²) in [5.41, 5.74) is 1.47. The van der Waals surface area contributed by atoms with Crippen LogP contribution >= 0.6 is 0 Å². The highest BCUT2D eigenvalue weighted by atomic mass is 32.2. The maximum Gasteiger partial charge on any atom is 0.407 e. The predicted octanol–water partition coefficient (Wildman–Crippen LogP) is 3.03. The summed E-state index contributed by atoms with van der Waals surface area (Å²) >= 11 is 0. The summed E-state index contributed by atoms with van der Waals surface area (Å²) in [4.78, 5) is 20.5. The van der Waals surface area contributed by atoms with Gasteiger partial charge in [0.1, 0.15) is 18.7 Å². The largest absolute Gasteiger partial charge is 0.497 e. The van der Waals surface area contributed by atoms with Gasteiger partial charge in [0, 0.05) is 31.0 Å². The number of aliphatic hydroxyl groups is 1. The molecular formula is C27H34N4O6S. The van der Waals surface area contributed by atoms with E-state index in [-0.39, 0.29) is 36.9 Å². The third kappa shape index (κ3) is 8.51. The van der Waals surface area contributed by atoms with Crippen LogP contribution in [0.15, 0.2) is 78.2 Å². The van der Waals surface area contributed by atoms with E-state index in [0.29, 0.717) is 11.3 Å². The van der Waals surface area contributed by atoms with Gasteiger partial charge in [-0.1, -0.05) is 44.2 Å². The Bertz CT molecular complexity index is 1240. The number of benzene rings is 2. The summed E-state index contributed by atoms with van der Waals surface area (Å²) in [6.45, 7) is 3.70. The molecule has 10 nitrogen and oxygen atoms in total. The molecule has 1 aromatic heterocycles. The third-order valence-corrected chi connectivity index (χ3v) is 7.55. The molecule has 204 valence electrons. The Balaban J connectivity index is 1.79. The van der Waals surface area contributed by atoms with Crippen molar-refractivity contribution < 1.29 is 27.8 Å². The van der Waals surface area contributed by atoms with Gasteiger partial charge in [-0.05, 0) is 42.2 Å². The number of aliphatic hydroxyl groups excluding tert-OH is 1. The Morgan fingerprint density at radius 3 is 2.26 bits per heavy atom. The summed E-state index contributed by atoms with van der Waals surface area (Å²) in [5.74, 6) is 0.529. The molecule has 0 saturated carbocycles. The first kappa shape index (κ1) is 29.0. The third-order valence-electron chi connectivity index (χ3n) is 5.71. The Hall–Kier alpha value is -3.54. The highest BCUT2D eigenvalue weighted by Gasteiger charge is 2.31. The number of aromatic nitrogens is 2. The van der Waals surface area contributed by atoms with Crippen molar-refractivity contribution in [2.45, 2.75) is 43.9 Å². The van der Waals surface area contributed by atoms with Gasteiger partial charge in [0.2, 0.25) is 10.0 Å². The number of sulfonamides is 1. The highest BCUT2D eigenvalue weighted by molar-refractivity contribution is 7.89. The molecule has 0 radical (unpaired) electrons. The molecule has 0 saturated heterocycles. The molecule has 2 N–H and O–H groups in total. The second kappa shape index (κ2) is 13.8. The first-order valence-corrected chi connectivity index (χ1v) is 13.7. The summed E-state index contributed by atoms with van der Waals surface area (Å²) in [6, 6.07) is 14.6. The van der Waals surface area contributed by atoms with E-state index in [4.69, 9.17) is 9.47 Å². The molecule has 1 unspecified atom stereocenters. The lowest BCUT2D eigenvalue weighted by Crippen LogP contribution is -2.51. The normalized spacial score (nSPS) is 13.2. The van der Waals surface area contributed by atoms with Gasteiger partial charge >= 0.3 is 6.09 Å². The molecule has 1 amide bonds. The minimum absolute atomic E-state index is 0.00573. The van der Waals surface area contributed by atoms with E-state index < -0.39 is 28.3 Å². The fraction of sp³-hybridized carbons (Fsp3) is 0.370. The highest BCUT2D eigenvalue weighted by Crippen LogP contribution is 2.21. The molecule has 2 atom stereocenters. The number of hydrogen-bond donors (Lipinski definition) is 2. The van der Waals surface area contributed by atoms with Crippen molar-refractivity contribution in [3.05, 3.63) is 84.4 Å². The van der Waals surface area contributed by atoms with Gasteiger partial charge in [0.25, 0.3) is 0 Å². The van der Waals surface area contributed by atoms with Gasteiger partial charge in [-0.3, -0.25) is 0 Å². The van der Waals surface area contributed by atoms with E-state index in [1.54, 1.807) is 12.1 Å². The number of nitrogens with zero attached hydrogens (tertiary/aromatic N) is 3. The fourth-order valence-corrected chi connectivity index (χ4v) is 5.43. The molecule has 0 spiro atoms. The van der Waals surface area contributed by atoms with Gasteiger partial charge in [-0.2, -0.15) is 4.31 Å². The van der Waals surface area contributed by atoms with E-state index in [2.05, 4.69) is 15.3 Å². The number of hydrogen-bond acceptors (Lipinski definition) is 8. The van der Waals surface area contributed by atoms with Crippen LogP contribution in [0.1, 0.15) is 25.0 Å². The minimum atomic E-state index is -3.94. The van der Waals surface area contributed by atoms with Crippen molar-refractivity contribution in [1.29, 1.82) is 0 Å². The molecule has 0 aliphatic heterocycles. The summed E-state index contributed by atoms with van der Waals surface area (Å²) in [5, 5.41) is 14.0. The minimum Gasteiger partial charge on any atom is -0.497 e. The molecule has 2 aromatic carbocycles. The van der Waals surface area contributed by atoms with Crippen molar-refractivity contribution in [3.63, 3.8) is 0 Å². The summed E-state index contributed by atoms with van der Waals surface area (Å²) in [7, 11) is -2.43. The maximum atomic E-state index is 13.5. The SMILES string of the molecule is COc1ccc(S(=O)(=O)N(CC(C)C)CC(O)[C@H](Cc2ccccc2)NC(=O)OCc2cncnc2)cc1. The van der Waals surface area contributed by atoms with Gasteiger partial charge in [-0.15, -0.1) is 0 Å². The van der Waals surface area contributed by atoms with Crippen LogP contribution in [0.4, 0.5) is 4.79 Å². The average Bonchev–Trinajstić information content (AvgIpc) is 2.92. The van der Waals surface area contributed by atoms with E-state index in [9.17, 15) is 18.3 Å². The number of carbonyl (C=O) groups excluding carboxylic acids is 1. The smallest absolute Gasteiger partial charge is 0.407 e. The van der Waals surface area contributed by atoms with Crippen LogP contribution in [-0.4, -0.2) is 66.2 Å². The molecular weight excluding hydrogens is 508 g/mol. The van der Waals surface area contributed by atoms with Crippen molar-refractivity contribution in [3.8, 4) is 5.75 Å². The molecule has 0 aliphatic rings. The molecule has 38 heavy (non-hydrogen) atoms. The number of ether oxygens (including phenoxy) is 2. The topological polar surface area (TPSA) is 131 Å². The molecule has 0 fully saturated rings. The number of carbonyl (C=O) groups is 1. The fourth-order valence-electron chi connectivity index (χ4n) is 3.81. The van der Waals surface area contributed by atoms with Gasteiger partial charge < -0.3 is 19.9 Å². The van der Waals surface area contributed by atoms with Gasteiger partial charge in [-0.25, -0.2) is 23.2 Å². The van der Waals surface area contributed by atoms with Crippen molar-refractivity contribution >= 4 is 16.1 Å². The number of rotatable bonds is 13. The second-order valence-electron chi connectivity index (χ2n) is 9.22. The lowest BCUT2D eigenvalue weighted by molar-refractivity contribution is 0.0872. The molecule has 11 heteroatoms. The van der Waals surface area contributed by atoms with Crippen molar-refractivity contribution in [2.24, 2.45) is 5.92 Å². The lowest BCUT2D eigenvalue weighted by Gasteiger charge is -2.30. The number of amides is 1. The Morgan fingerprint density at radius 1 is 1.00 bits per heavy atom. The van der Waals surface area contributed by atoms with E-state index in [0.717, 1.165) is 5.56 Å². The van der Waals surface area contributed by atoms with E-state index in [1.807, 2.05) is 44.2 Å². The zero-order valence-corrected chi connectivity index (χ0v) is 22.5. The van der Waals surface area contributed by atoms with Crippen LogP contribution in [0.5, 0.6) is 5.75 Å². The zero-order valence-electron chi connectivity index (χ0n) is 21.7. The number of methoxy groups -OCH3 is 1. The first-order valence-electron chi connectivity index (χ1n) is 12.2. The monoisotopic (exact) mass is 542 g/mol. The van der Waals surface area contributed by atoms with Gasteiger partial charge in [0.15, 0.2) is 0 Å². The van der Waals surface area contributed by atoms with Gasteiger partial charge in [0.05, 0.1) is 24.2 Å². The zero-order chi connectivity index (χ0) is 27.5. The molecule has 3 aromatic rings. The van der Waals surface area contributed by atoms with Crippen LogP contribution < -0.4 is 10.1 Å².